The van der Waals surface area contributed by atoms with Crippen molar-refractivity contribution in [3.8, 4) is 11.5 Å². The molecular weight excluding hydrogens is 1030 g/mol. The number of ketones is 1. The number of anilines is 1. The maximum atomic E-state index is 14.9. The first-order valence-corrected chi connectivity index (χ1v) is 27.8. The van der Waals surface area contributed by atoms with E-state index in [9.17, 15) is 29.4 Å². The Morgan fingerprint density at radius 3 is 2.29 bits per heavy atom. The number of hydrogen-bond acceptors (Lipinski definition) is 16. The number of halogens is 2. The number of aliphatic hydroxyl groups is 2. The summed E-state index contributed by atoms with van der Waals surface area (Å²) in [6.07, 6.45) is 0.918. The van der Waals surface area contributed by atoms with Gasteiger partial charge in [-0.2, -0.15) is 0 Å². The van der Waals surface area contributed by atoms with Gasteiger partial charge < -0.3 is 67.7 Å². The predicted octanol–water partition coefficient (Wildman–Crippen LogP) is 7.69. The summed E-state index contributed by atoms with van der Waals surface area (Å²) >= 11 is 13.4. The number of morpholine rings is 1. The molecule has 2 N–H and O–H groups in total. The molecule has 3 amide bonds. The summed E-state index contributed by atoms with van der Waals surface area (Å²) in [5, 5.41) is 24.9. The number of hydrogen-bond donors (Lipinski definition) is 2. The molecule has 424 valence electrons. The summed E-state index contributed by atoms with van der Waals surface area (Å²) in [5.74, 6) is -2.62. The van der Waals surface area contributed by atoms with Gasteiger partial charge in [0.15, 0.2) is 23.4 Å². The number of aliphatic hydroxyl groups excluding tert-OH is 2. The van der Waals surface area contributed by atoms with Gasteiger partial charge >= 0.3 is 18.1 Å². The standard InChI is InChI=1S/C55H81Cl2N5O14/c1-11-45-55(7)48(62(53(68)76-55)22-14-21-61(31-38-39(56)29-58-30-40(38)57)36-17-18-43(69-9)44(28-36)73-37-15-12-13-16-37)33(3)42(63)19-20-54(6,70-10)49(34(4)46(64)35(5)50(66)74-45)75-51-47(65)41(27-32(2)72-51)59(8)52(67)60-23-25-71-26-24-60/h17-18,28-30,32-35,37,41,45-49,51,64-65H,11-16,19-27,31H2,1-10H3/t32-,33+,34+,35-,41+,45-,46+,47-,48-,49?,51+,54-,55-/m1/s1. The van der Waals surface area contributed by atoms with Crippen molar-refractivity contribution in [3.05, 3.63) is 46.2 Å². The number of benzene rings is 1. The number of carbonyl (C=O) groups is 4. The SMILES string of the molecule is CC[C@H]1OC(=O)[C@H](C)[C@@H](O)[C@H](C)C(O[C@@H]2O[C@H](C)C[C@H](N(C)C(=O)N3CCOCC3)[C@H]2O)[C@](C)(OC)CCC(=O)[C@H](C)[C@H]2N(CCCN(Cc3c(Cl)cncc3Cl)c3ccc(OC)c(OC4CCCC4)c3)C(=O)O[C@]12C. The second-order valence-electron chi connectivity index (χ2n) is 21.8. The van der Waals surface area contributed by atoms with Gasteiger partial charge in [-0.1, -0.05) is 44.0 Å². The van der Waals surface area contributed by atoms with Crippen LogP contribution in [0.1, 0.15) is 112 Å². The van der Waals surface area contributed by atoms with Crippen LogP contribution in [-0.4, -0.2) is 181 Å². The molecule has 1 unspecified atom stereocenters. The molecule has 19 nitrogen and oxygen atoms in total. The van der Waals surface area contributed by atoms with Gasteiger partial charge in [-0.05, 0) is 91.2 Å². The number of methoxy groups -OCH3 is 2. The Balaban J connectivity index is 1.16. The van der Waals surface area contributed by atoms with Gasteiger partial charge in [0.2, 0.25) is 0 Å². The molecule has 0 bridgehead atoms. The van der Waals surface area contributed by atoms with Crippen molar-refractivity contribution >= 4 is 52.8 Å². The highest BCUT2D eigenvalue weighted by Crippen LogP contribution is 2.44. The van der Waals surface area contributed by atoms with Crippen LogP contribution < -0.4 is 14.4 Å². The third-order valence-corrected chi connectivity index (χ3v) is 17.4. The molecule has 1 aromatic heterocycles. The Morgan fingerprint density at radius 2 is 1.64 bits per heavy atom. The van der Waals surface area contributed by atoms with Crippen molar-refractivity contribution in [2.45, 2.75) is 179 Å². The second kappa shape index (κ2) is 25.7. The Labute approximate surface area is 458 Å². The molecule has 0 radical (unpaired) electrons. The lowest BCUT2D eigenvalue weighted by Gasteiger charge is -2.48. The largest absolute Gasteiger partial charge is 0.493 e. The number of cyclic esters (lactones) is 1. The predicted molar refractivity (Wildman–Crippen MR) is 284 cm³/mol. The van der Waals surface area contributed by atoms with Crippen LogP contribution >= 0.6 is 23.2 Å². The number of amides is 3. The molecule has 5 fully saturated rings. The van der Waals surface area contributed by atoms with Crippen molar-refractivity contribution in [3.63, 3.8) is 0 Å². The number of nitrogens with zero attached hydrogens (tertiary/aromatic N) is 5. The molecule has 5 heterocycles. The van der Waals surface area contributed by atoms with Crippen molar-refractivity contribution in [2.24, 2.45) is 17.8 Å². The summed E-state index contributed by atoms with van der Waals surface area (Å²) in [7, 11) is 4.73. The lowest BCUT2D eigenvalue weighted by molar-refractivity contribution is -0.300. The van der Waals surface area contributed by atoms with Gasteiger partial charge in [-0.15, -0.1) is 0 Å². The van der Waals surface area contributed by atoms with Crippen LogP contribution in [0, 0.1) is 17.8 Å². The fourth-order valence-corrected chi connectivity index (χ4v) is 12.5. The number of carbonyl (C=O) groups excluding carboxylic acids is 4. The molecule has 1 aromatic carbocycles. The van der Waals surface area contributed by atoms with Crippen LogP contribution in [0.25, 0.3) is 0 Å². The average Bonchev–Trinajstić information content (AvgIpc) is 4.05. The summed E-state index contributed by atoms with van der Waals surface area (Å²) < 4.78 is 49.5. The van der Waals surface area contributed by atoms with Crippen molar-refractivity contribution in [1.29, 1.82) is 0 Å². The molecule has 5 aliphatic rings. The smallest absolute Gasteiger partial charge is 0.410 e. The molecule has 76 heavy (non-hydrogen) atoms. The van der Waals surface area contributed by atoms with Gasteiger partial charge in [0.25, 0.3) is 0 Å². The minimum atomic E-state index is -1.49. The van der Waals surface area contributed by atoms with Crippen LogP contribution in [0.15, 0.2) is 30.6 Å². The summed E-state index contributed by atoms with van der Waals surface area (Å²) in [6, 6.07) is 3.87. The molecule has 4 saturated heterocycles. The lowest BCUT2D eigenvalue weighted by atomic mass is 9.75. The molecule has 1 saturated carbocycles. The van der Waals surface area contributed by atoms with Gasteiger partial charge in [0.05, 0.1) is 78.4 Å². The fraction of sp³-hybridized carbons (Fsp3) is 0.727. The molecule has 1 aliphatic carbocycles. The van der Waals surface area contributed by atoms with E-state index in [0.717, 1.165) is 31.4 Å². The molecule has 7 rings (SSSR count). The minimum absolute atomic E-state index is 0.0528. The Bertz CT molecular complexity index is 2310. The van der Waals surface area contributed by atoms with Crippen molar-refractivity contribution in [2.75, 3.05) is 65.6 Å². The van der Waals surface area contributed by atoms with Crippen LogP contribution in [-0.2, 0) is 44.6 Å². The average molecular weight is 1110 g/mol. The summed E-state index contributed by atoms with van der Waals surface area (Å²) in [4.78, 5) is 68.4. The van der Waals surface area contributed by atoms with Gasteiger partial charge in [-0.25, -0.2) is 9.59 Å². The minimum Gasteiger partial charge on any atom is -0.493 e. The number of fused-ring (bicyclic) bond motifs is 1. The lowest BCUT2D eigenvalue weighted by Crippen LogP contribution is -2.62. The Morgan fingerprint density at radius 1 is 0.961 bits per heavy atom. The first-order valence-electron chi connectivity index (χ1n) is 27.1. The normalized spacial score (nSPS) is 33.0. The number of likely N-dealkylation sites (N-methyl/N-ethyl adjacent to an activating group) is 1. The summed E-state index contributed by atoms with van der Waals surface area (Å²) in [5.41, 5.74) is -1.37. The topological polar surface area (TPSA) is 208 Å². The number of esters is 1. The highest BCUT2D eigenvalue weighted by Gasteiger charge is 2.60. The number of urea groups is 1. The molecule has 4 aliphatic heterocycles. The molecular formula is C55H81Cl2N5O14. The molecule has 0 spiro atoms. The first-order chi connectivity index (χ1) is 36.2. The zero-order valence-electron chi connectivity index (χ0n) is 45.9. The van der Waals surface area contributed by atoms with Gasteiger partial charge in [0, 0.05) is 94.8 Å². The third kappa shape index (κ3) is 12.9. The zero-order valence-corrected chi connectivity index (χ0v) is 47.4. The Kier molecular flexibility index (Phi) is 20.1. The van der Waals surface area contributed by atoms with Crippen molar-refractivity contribution in [1.82, 2.24) is 19.7 Å². The third-order valence-electron chi connectivity index (χ3n) is 16.8. The second-order valence-corrected chi connectivity index (χ2v) is 22.6. The van der Waals surface area contributed by atoms with E-state index in [0.29, 0.717) is 72.8 Å². The molecule has 21 heteroatoms. The zero-order chi connectivity index (χ0) is 55.2. The monoisotopic (exact) mass is 1110 g/mol. The van der Waals surface area contributed by atoms with E-state index in [-0.39, 0.29) is 50.3 Å². The van der Waals surface area contributed by atoms with Gasteiger partial charge in [0.1, 0.15) is 18.0 Å². The van der Waals surface area contributed by atoms with E-state index < -0.39 is 89.9 Å². The van der Waals surface area contributed by atoms with E-state index in [1.54, 1.807) is 71.0 Å². The van der Waals surface area contributed by atoms with Crippen LogP contribution in [0.5, 0.6) is 11.5 Å². The van der Waals surface area contributed by atoms with Crippen LogP contribution in [0.4, 0.5) is 15.3 Å². The maximum Gasteiger partial charge on any atom is 0.410 e. The number of pyridine rings is 1. The number of Topliss-reactive ketones (excluding diaryl/α,β-unsaturated/α-hetero) is 1. The maximum absolute atomic E-state index is 14.9. The molecule has 2 aromatic rings. The number of rotatable bonds is 15. The van der Waals surface area contributed by atoms with Crippen molar-refractivity contribution < 1.29 is 67.3 Å². The summed E-state index contributed by atoms with van der Waals surface area (Å²) in [6.45, 7) is 14.6. The quantitative estimate of drug-likeness (QED) is 0.164. The highest BCUT2D eigenvalue weighted by atomic mass is 35.5. The van der Waals surface area contributed by atoms with Gasteiger partial charge in [-0.3, -0.25) is 14.6 Å². The highest BCUT2D eigenvalue weighted by molar-refractivity contribution is 6.35. The first kappa shape index (κ1) is 59.5. The van der Waals surface area contributed by atoms with Crippen LogP contribution in [0.2, 0.25) is 10.0 Å². The van der Waals surface area contributed by atoms with Crippen LogP contribution in [0.3, 0.4) is 0 Å². The van der Waals surface area contributed by atoms with E-state index >= 15 is 0 Å². The van der Waals surface area contributed by atoms with E-state index in [1.807, 2.05) is 32.0 Å². The number of aromatic nitrogens is 1. The molecule has 13 atom stereocenters. The number of ether oxygens (including phenoxy) is 8. The van der Waals surface area contributed by atoms with E-state index in [2.05, 4.69) is 9.88 Å². The Hall–Kier alpha value is -4.21. The fourth-order valence-electron chi connectivity index (χ4n) is 12.0. The van der Waals surface area contributed by atoms with E-state index in [1.165, 1.54) is 12.0 Å². The van der Waals surface area contributed by atoms with E-state index in [4.69, 9.17) is 61.1 Å².